The second-order valence-corrected chi connectivity index (χ2v) is 5.35. The Balaban J connectivity index is 0.000000400. The summed E-state index contributed by atoms with van der Waals surface area (Å²) in [7, 11) is 0. The van der Waals surface area contributed by atoms with Gasteiger partial charge in [-0.1, -0.05) is 44.2 Å². The predicted octanol–water partition coefficient (Wildman–Crippen LogP) is -3.02. The second kappa shape index (κ2) is 9.90. The maximum Gasteiger partial charge on any atom is 0.129 e. The van der Waals surface area contributed by atoms with Crippen LogP contribution in [0, 0.1) is 5.92 Å². The maximum atomic E-state index is 10.3. The van der Waals surface area contributed by atoms with Crippen molar-refractivity contribution in [2.45, 2.75) is 38.8 Å². The van der Waals surface area contributed by atoms with Crippen molar-refractivity contribution in [3.8, 4) is 0 Å². The van der Waals surface area contributed by atoms with Crippen molar-refractivity contribution in [3.63, 3.8) is 0 Å². The van der Waals surface area contributed by atoms with E-state index in [1.54, 1.807) is 0 Å². The van der Waals surface area contributed by atoms with Gasteiger partial charge in [0.25, 0.3) is 0 Å². The Labute approximate surface area is 124 Å². The van der Waals surface area contributed by atoms with Crippen LogP contribution >= 0.6 is 0 Å². The third-order valence-corrected chi connectivity index (χ3v) is 2.75. The fourth-order valence-corrected chi connectivity index (χ4v) is 1.65. The van der Waals surface area contributed by atoms with Crippen molar-refractivity contribution < 1.29 is 31.3 Å². The van der Waals surface area contributed by atoms with Crippen molar-refractivity contribution in [1.29, 1.82) is 0 Å². The zero-order valence-corrected chi connectivity index (χ0v) is 12.6. The summed E-state index contributed by atoms with van der Waals surface area (Å²) in [5.74, 6) is -1.77. The SMILES string of the molecule is CC(C)C[C@@H]([NH3+])C(=O)[O-].[NH3+][C@@H](Cc1ccccc1)C(=O)[O-]. The third kappa shape index (κ3) is 9.59. The topological polar surface area (TPSA) is 136 Å². The van der Waals surface area contributed by atoms with Gasteiger partial charge in [-0.25, -0.2) is 0 Å². The lowest BCUT2D eigenvalue weighted by Crippen LogP contribution is -2.69. The molecule has 0 aliphatic rings. The van der Waals surface area contributed by atoms with Crippen molar-refractivity contribution in [2.75, 3.05) is 0 Å². The number of hydrogen-bond acceptors (Lipinski definition) is 4. The van der Waals surface area contributed by atoms with E-state index in [4.69, 9.17) is 0 Å². The molecule has 21 heavy (non-hydrogen) atoms. The van der Waals surface area contributed by atoms with Crippen LogP contribution in [0.4, 0.5) is 0 Å². The van der Waals surface area contributed by atoms with Crippen LogP contribution in [-0.2, 0) is 16.0 Å². The summed E-state index contributed by atoms with van der Waals surface area (Å²) in [6.07, 6.45) is 1.03. The van der Waals surface area contributed by atoms with Crippen LogP contribution in [0.15, 0.2) is 30.3 Å². The van der Waals surface area contributed by atoms with Gasteiger partial charge in [-0.2, -0.15) is 0 Å². The van der Waals surface area contributed by atoms with Crippen molar-refractivity contribution in [3.05, 3.63) is 35.9 Å². The fraction of sp³-hybridized carbons (Fsp3) is 0.467. The molecule has 0 saturated heterocycles. The molecule has 0 spiro atoms. The Morgan fingerprint density at radius 2 is 1.48 bits per heavy atom. The normalized spacial score (nSPS) is 13.0. The molecule has 6 N–H and O–H groups in total. The summed E-state index contributed by atoms with van der Waals surface area (Å²) in [5, 5.41) is 20.4. The molecule has 0 fully saturated rings. The summed E-state index contributed by atoms with van der Waals surface area (Å²) >= 11 is 0. The number of carbonyl (C=O) groups is 2. The smallest absolute Gasteiger partial charge is 0.129 e. The van der Waals surface area contributed by atoms with E-state index in [1.165, 1.54) is 0 Å². The standard InChI is InChI=1S/C9H11NO2.C6H13NO2/c10-8(9(11)12)6-7-4-2-1-3-5-7;1-4(2)3-5(7)6(8)9/h1-5,8H,6,10H2,(H,11,12);4-5H,3,7H2,1-2H3,(H,8,9)/t8-;5-/m01/s1. The Morgan fingerprint density at radius 1 is 1.00 bits per heavy atom. The first kappa shape index (κ1) is 19.1. The molecular formula is C15H24N2O4. The molecule has 0 aliphatic carbocycles. The largest absolute Gasteiger partial charge is 0.544 e. The van der Waals surface area contributed by atoms with Crippen LogP contribution in [0.25, 0.3) is 0 Å². The van der Waals surface area contributed by atoms with Crippen molar-refractivity contribution >= 4 is 11.9 Å². The van der Waals surface area contributed by atoms with E-state index in [0.29, 0.717) is 18.8 Å². The zero-order valence-electron chi connectivity index (χ0n) is 12.6. The van der Waals surface area contributed by atoms with Gasteiger partial charge in [0.05, 0.1) is 11.9 Å². The van der Waals surface area contributed by atoms with Gasteiger partial charge in [0.15, 0.2) is 0 Å². The number of carboxylic acids is 2. The molecule has 0 heterocycles. The molecule has 0 amide bonds. The Kier molecular flexibility index (Phi) is 9.00. The van der Waals surface area contributed by atoms with E-state index in [9.17, 15) is 19.8 Å². The minimum Gasteiger partial charge on any atom is -0.544 e. The molecule has 1 aromatic rings. The van der Waals surface area contributed by atoms with E-state index < -0.39 is 24.0 Å². The lowest BCUT2D eigenvalue weighted by atomic mass is 10.1. The number of rotatable bonds is 6. The van der Waals surface area contributed by atoms with Crippen LogP contribution in [-0.4, -0.2) is 24.0 Å². The number of aliphatic carboxylic acids is 2. The number of hydrogen-bond donors (Lipinski definition) is 2. The van der Waals surface area contributed by atoms with Gasteiger partial charge in [-0.05, 0) is 11.5 Å². The molecule has 0 unspecified atom stereocenters. The second-order valence-electron chi connectivity index (χ2n) is 5.35. The third-order valence-electron chi connectivity index (χ3n) is 2.75. The van der Waals surface area contributed by atoms with E-state index in [0.717, 1.165) is 5.56 Å². The minimum atomic E-state index is -1.10. The molecule has 118 valence electrons. The van der Waals surface area contributed by atoms with Crippen LogP contribution in [0.5, 0.6) is 0 Å². The van der Waals surface area contributed by atoms with E-state index in [-0.39, 0.29) is 0 Å². The van der Waals surface area contributed by atoms with Crippen LogP contribution in [0.2, 0.25) is 0 Å². The van der Waals surface area contributed by atoms with E-state index in [2.05, 4.69) is 11.5 Å². The quantitative estimate of drug-likeness (QED) is 0.577. The molecule has 6 nitrogen and oxygen atoms in total. The van der Waals surface area contributed by atoms with Gasteiger partial charge < -0.3 is 31.3 Å². The maximum absolute atomic E-state index is 10.3. The summed E-state index contributed by atoms with van der Waals surface area (Å²) in [5.41, 5.74) is 7.86. The van der Waals surface area contributed by atoms with Crippen molar-refractivity contribution in [2.24, 2.45) is 5.92 Å². The molecule has 0 radical (unpaired) electrons. The zero-order chi connectivity index (χ0) is 16.4. The van der Waals surface area contributed by atoms with Gasteiger partial charge in [0, 0.05) is 12.8 Å². The molecular weight excluding hydrogens is 272 g/mol. The van der Waals surface area contributed by atoms with Crippen LogP contribution in [0.1, 0.15) is 25.8 Å². The van der Waals surface area contributed by atoms with Gasteiger partial charge >= 0.3 is 0 Å². The first-order valence-electron chi connectivity index (χ1n) is 6.85. The van der Waals surface area contributed by atoms with Crippen molar-refractivity contribution in [1.82, 2.24) is 0 Å². The van der Waals surface area contributed by atoms with E-state index in [1.807, 2.05) is 44.2 Å². The first-order valence-corrected chi connectivity index (χ1v) is 6.85. The average molecular weight is 296 g/mol. The summed E-state index contributed by atoms with van der Waals surface area (Å²) in [6.45, 7) is 3.92. The van der Waals surface area contributed by atoms with Crippen LogP contribution < -0.4 is 21.7 Å². The van der Waals surface area contributed by atoms with Gasteiger partial charge in [-0.3, -0.25) is 0 Å². The average Bonchev–Trinajstić information content (AvgIpc) is 2.39. The lowest BCUT2D eigenvalue weighted by Gasteiger charge is -2.10. The van der Waals surface area contributed by atoms with Gasteiger partial charge in [0.1, 0.15) is 12.1 Å². The highest BCUT2D eigenvalue weighted by Gasteiger charge is 2.08. The summed E-state index contributed by atoms with van der Waals surface area (Å²) < 4.78 is 0. The highest BCUT2D eigenvalue weighted by Crippen LogP contribution is 2.00. The number of benzene rings is 1. The molecule has 1 rings (SSSR count). The first-order chi connectivity index (χ1) is 9.73. The number of carbonyl (C=O) groups excluding carboxylic acids is 2. The molecule has 6 heteroatoms. The van der Waals surface area contributed by atoms with Gasteiger partial charge in [-0.15, -0.1) is 0 Å². The molecule has 2 atom stereocenters. The molecule has 1 aromatic carbocycles. The molecule has 0 aliphatic heterocycles. The Morgan fingerprint density at radius 3 is 1.81 bits per heavy atom. The molecule has 0 aromatic heterocycles. The monoisotopic (exact) mass is 296 g/mol. The molecule has 0 bridgehead atoms. The fourth-order valence-electron chi connectivity index (χ4n) is 1.65. The van der Waals surface area contributed by atoms with Crippen LogP contribution in [0.3, 0.4) is 0 Å². The minimum absolute atomic E-state index is 0.380. The summed E-state index contributed by atoms with van der Waals surface area (Å²) in [6, 6.07) is 8.18. The Hall–Kier alpha value is -1.92. The Bertz CT molecular complexity index is 435. The lowest BCUT2D eigenvalue weighted by molar-refractivity contribution is -0.439. The molecule has 0 saturated carbocycles. The highest BCUT2D eigenvalue weighted by atomic mass is 16.4. The number of carboxylic acid groups (broad SMARTS) is 2. The summed E-state index contributed by atoms with van der Waals surface area (Å²) in [4.78, 5) is 20.4. The van der Waals surface area contributed by atoms with Gasteiger partial charge in [0.2, 0.25) is 0 Å². The van der Waals surface area contributed by atoms with E-state index >= 15 is 0 Å². The highest BCUT2D eigenvalue weighted by molar-refractivity contribution is 5.69. The number of quaternary nitrogens is 2. The predicted molar refractivity (Wildman–Crippen MR) is 73.0 cm³/mol.